The van der Waals surface area contributed by atoms with Crippen molar-refractivity contribution >= 4 is 45.9 Å². The van der Waals surface area contributed by atoms with E-state index < -0.39 is 0 Å². The zero-order chi connectivity index (χ0) is 18.4. The first kappa shape index (κ1) is 18.7. The lowest BCUT2D eigenvalue weighted by molar-refractivity contribution is -0.113. The molecule has 0 atom stereocenters. The van der Waals surface area contributed by atoms with Gasteiger partial charge in [0.05, 0.1) is 12.4 Å². The molecule has 0 bridgehead atoms. The number of amides is 1. The lowest BCUT2D eigenvalue weighted by atomic mass is 10.2. The van der Waals surface area contributed by atoms with E-state index in [1.165, 1.54) is 11.8 Å². The van der Waals surface area contributed by atoms with Crippen LogP contribution < -0.4 is 10.1 Å². The number of nitrogens with one attached hydrogen (secondary N) is 1. The Bertz CT molecular complexity index is 866. The number of nitrogens with zero attached hydrogens (tertiary/aromatic N) is 2. The molecule has 1 heterocycles. The van der Waals surface area contributed by atoms with E-state index in [0.29, 0.717) is 23.4 Å². The first-order chi connectivity index (χ1) is 12.6. The Morgan fingerprint density at radius 3 is 2.58 bits per heavy atom. The lowest BCUT2D eigenvalue weighted by Gasteiger charge is -2.06. The SMILES string of the molecule is CCOc1ccc(NC(=O)CSc2nnc(-c3ccc(I)cc3)o2)cc1. The summed E-state index contributed by atoms with van der Waals surface area (Å²) in [5, 5.41) is 11.2. The van der Waals surface area contributed by atoms with Crippen LogP contribution in [-0.2, 0) is 4.79 Å². The molecule has 0 aliphatic heterocycles. The van der Waals surface area contributed by atoms with Gasteiger partial charge in [-0.3, -0.25) is 4.79 Å². The number of rotatable bonds is 7. The highest BCUT2D eigenvalue weighted by Gasteiger charge is 2.11. The van der Waals surface area contributed by atoms with E-state index in [1.807, 2.05) is 43.3 Å². The van der Waals surface area contributed by atoms with Crippen LogP contribution in [0.2, 0.25) is 0 Å². The number of hydrogen-bond donors (Lipinski definition) is 1. The zero-order valence-corrected chi connectivity index (χ0v) is 16.9. The number of carbonyl (C=O) groups excluding carboxylic acids is 1. The third-order valence-electron chi connectivity index (χ3n) is 3.27. The number of ether oxygens (including phenoxy) is 1. The molecule has 3 aromatic rings. The largest absolute Gasteiger partial charge is 0.494 e. The van der Waals surface area contributed by atoms with Gasteiger partial charge < -0.3 is 14.5 Å². The quantitative estimate of drug-likeness (QED) is 0.397. The summed E-state index contributed by atoms with van der Waals surface area (Å²) in [6.07, 6.45) is 0. The van der Waals surface area contributed by atoms with E-state index >= 15 is 0 Å². The van der Waals surface area contributed by atoms with E-state index in [9.17, 15) is 4.79 Å². The summed E-state index contributed by atoms with van der Waals surface area (Å²) in [7, 11) is 0. The smallest absolute Gasteiger partial charge is 0.277 e. The van der Waals surface area contributed by atoms with Crippen molar-refractivity contribution in [2.24, 2.45) is 0 Å². The predicted molar refractivity (Wildman–Crippen MR) is 109 cm³/mol. The molecule has 0 aliphatic carbocycles. The van der Waals surface area contributed by atoms with Crippen molar-refractivity contribution in [2.75, 3.05) is 17.7 Å². The molecule has 8 heteroatoms. The van der Waals surface area contributed by atoms with Gasteiger partial charge in [-0.15, -0.1) is 10.2 Å². The summed E-state index contributed by atoms with van der Waals surface area (Å²) < 4.78 is 12.1. The highest BCUT2D eigenvalue weighted by molar-refractivity contribution is 14.1. The van der Waals surface area contributed by atoms with E-state index in [1.54, 1.807) is 12.1 Å². The minimum absolute atomic E-state index is 0.145. The molecule has 0 spiro atoms. The van der Waals surface area contributed by atoms with E-state index in [2.05, 4.69) is 38.1 Å². The maximum atomic E-state index is 12.1. The fourth-order valence-electron chi connectivity index (χ4n) is 2.10. The van der Waals surface area contributed by atoms with E-state index in [-0.39, 0.29) is 11.7 Å². The third-order valence-corrected chi connectivity index (χ3v) is 4.81. The van der Waals surface area contributed by atoms with Crippen LogP contribution in [0.15, 0.2) is 58.2 Å². The average Bonchev–Trinajstić information content (AvgIpc) is 3.11. The topological polar surface area (TPSA) is 77.2 Å². The second kappa shape index (κ2) is 9.04. The van der Waals surface area contributed by atoms with Gasteiger partial charge in [0.25, 0.3) is 5.22 Å². The van der Waals surface area contributed by atoms with Crippen molar-refractivity contribution in [3.8, 4) is 17.2 Å². The van der Waals surface area contributed by atoms with Gasteiger partial charge in [0, 0.05) is 14.8 Å². The third kappa shape index (κ3) is 5.21. The molecule has 1 N–H and O–H groups in total. The molecule has 0 saturated carbocycles. The Hall–Kier alpha value is -2.07. The fraction of sp³-hybridized carbons (Fsp3) is 0.167. The predicted octanol–water partition coefficient (Wildman–Crippen LogP) is 4.47. The monoisotopic (exact) mass is 481 g/mol. The van der Waals surface area contributed by atoms with Crippen molar-refractivity contribution in [1.82, 2.24) is 10.2 Å². The number of halogens is 1. The first-order valence-electron chi connectivity index (χ1n) is 7.89. The molecule has 26 heavy (non-hydrogen) atoms. The minimum atomic E-state index is -0.145. The second-order valence-corrected chi connectivity index (χ2v) is 7.35. The molecule has 0 unspecified atom stereocenters. The maximum Gasteiger partial charge on any atom is 0.277 e. The van der Waals surface area contributed by atoms with Crippen LogP contribution in [0.5, 0.6) is 5.75 Å². The molecule has 0 saturated heterocycles. The van der Waals surface area contributed by atoms with Crippen molar-refractivity contribution in [1.29, 1.82) is 0 Å². The van der Waals surface area contributed by atoms with E-state index in [0.717, 1.165) is 14.9 Å². The molecule has 2 aromatic carbocycles. The summed E-state index contributed by atoms with van der Waals surface area (Å²) >= 11 is 3.43. The zero-order valence-electron chi connectivity index (χ0n) is 13.9. The molecule has 0 fully saturated rings. The van der Waals surface area contributed by atoms with Gasteiger partial charge in [-0.2, -0.15) is 0 Å². The van der Waals surface area contributed by atoms with Crippen molar-refractivity contribution in [2.45, 2.75) is 12.1 Å². The highest BCUT2D eigenvalue weighted by atomic mass is 127. The first-order valence-corrected chi connectivity index (χ1v) is 9.95. The molecule has 1 amide bonds. The van der Waals surface area contributed by atoms with Crippen LogP contribution in [0.25, 0.3) is 11.5 Å². The molecule has 1 aromatic heterocycles. The summed E-state index contributed by atoms with van der Waals surface area (Å²) in [4.78, 5) is 12.1. The van der Waals surface area contributed by atoms with Gasteiger partial charge in [-0.05, 0) is 78.0 Å². The van der Waals surface area contributed by atoms with Crippen LogP contribution >= 0.6 is 34.4 Å². The fourth-order valence-corrected chi connectivity index (χ4v) is 3.03. The Balaban J connectivity index is 1.52. The Labute approximate surface area is 168 Å². The minimum Gasteiger partial charge on any atom is -0.494 e. The van der Waals surface area contributed by atoms with Crippen molar-refractivity contribution in [3.63, 3.8) is 0 Å². The lowest BCUT2D eigenvalue weighted by Crippen LogP contribution is -2.13. The number of hydrogen-bond acceptors (Lipinski definition) is 6. The van der Waals surface area contributed by atoms with Crippen molar-refractivity contribution in [3.05, 3.63) is 52.1 Å². The molecule has 0 radical (unpaired) electrons. The second-order valence-electron chi connectivity index (χ2n) is 5.17. The number of anilines is 1. The number of benzene rings is 2. The highest BCUT2D eigenvalue weighted by Crippen LogP contribution is 2.24. The maximum absolute atomic E-state index is 12.1. The molecular formula is C18H16IN3O3S. The Morgan fingerprint density at radius 2 is 1.88 bits per heavy atom. The van der Waals surface area contributed by atoms with Gasteiger partial charge in [-0.1, -0.05) is 11.8 Å². The number of carbonyl (C=O) groups is 1. The van der Waals surface area contributed by atoms with Gasteiger partial charge >= 0.3 is 0 Å². The Kier molecular flexibility index (Phi) is 6.51. The van der Waals surface area contributed by atoms with Crippen LogP contribution in [-0.4, -0.2) is 28.5 Å². The normalized spacial score (nSPS) is 10.5. The summed E-state index contributed by atoms with van der Waals surface area (Å²) in [6.45, 7) is 2.53. The molecule has 3 rings (SSSR count). The summed E-state index contributed by atoms with van der Waals surface area (Å²) in [5.74, 6) is 1.25. The van der Waals surface area contributed by atoms with Crippen LogP contribution in [0.4, 0.5) is 5.69 Å². The van der Waals surface area contributed by atoms with Crippen molar-refractivity contribution < 1.29 is 13.9 Å². The Morgan fingerprint density at radius 1 is 1.15 bits per heavy atom. The molecule has 0 aliphatic rings. The molecule has 6 nitrogen and oxygen atoms in total. The standard InChI is InChI=1S/C18H16IN3O3S/c1-2-24-15-9-7-14(8-10-15)20-16(23)11-26-18-22-21-17(25-18)12-3-5-13(19)6-4-12/h3-10H,2,11H2,1H3,(H,20,23). The molecular weight excluding hydrogens is 465 g/mol. The van der Waals surface area contributed by atoms with Gasteiger partial charge in [-0.25, -0.2) is 0 Å². The van der Waals surface area contributed by atoms with Crippen LogP contribution in [0.3, 0.4) is 0 Å². The van der Waals surface area contributed by atoms with Gasteiger partial charge in [0.2, 0.25) is 11.8 Å². The average molecular weight is 481 g/mol. The van der Waals surface area contributed by atoms with Gasteiger partial charge in [0.1, 0.15) is 5.75 Å². The summed E-state index contributed by atoms with van der Waals surface area (Å²) in [5.41, 5.74) is 1.56. The van der Waals surface area contributed by atoms with Gasteiger partial charge in [0.15, 0.2) is 0 Å². The number of aromatic nitrogens is 2. The molecule has 134 valence electrons. The van der Waals surface area contributed by atoms with Crippen LogP contribution in [0.1, 0.15) is 6.92 Å². The van der Waals surface area contributed by atoms with E-state index in [4.69, 9.17) is 9.15 Å². The number of thioether (sulfide) groups is 1. The summed E-state index contributed by atoms with van der Waals surface area (Å²) in [6, 6.07) is 15.0. The van der Waals surface area contributed by atoms with Crippen LogP contribution in [0, 0.1) is 3.57 Å².